The molecule has 0 aliphatic heterocycles. The van der Waals surface area contributed by atoms with Crippen molar-refractivity contribution < 1.29 is 17.9 Å². The minimum absolute atomic E-state index is 0.133. The van der Waals surface area contributed by atoms with Crippen LogP contribution >= 0.6 is 0 Å². The number of methoxy groups -OCH3 is 1. The van der Waals surface area contributed by atoms with Gasteiger partial charge in [-0.05, 0) is 56.6 Å². The zero-order chi connectivity index (χ0) is 29.1. The standard InChI is InChI=1S/C38H27F3O/c1-42-31-24-22-30(23-25-31)36-34(28-18-10-4-11-19-28)32(26-14-6-2-7-15-26)33(27-16-8-3-9-17-27)35(37(36)38(39,40)41)29-20-12-5-13-21-29/h2-25H,1H3. The summed E-state index contributed by atoms with van der Waals surface area (Å²) in [6.45, 7) is 0. The van der Waals surface area contributed by atoms with Crippen LogP contribution in [0.15, 0.2) is 146 Å². The molecule has 0 bridgehead atoms. The van der Waals surface area contributed by atoms with Crippen LogP contribution in [0, 0.1) is 0 Å². The largest absolute Gasteiger partial charge is 0.497 e. The van der Waals surface area contributed by atoms with E-state index in [0.29, 0.717) is 39.1 Å². The molecule has 0 N–H and O–H groups in total. The van der Waals surface area contributed by atoms with Crippen molar-refractivity contribution >= 4 is 0 Å². The average molecular weight is 557 g/mol. The van der Waals surface area contributed by atoms with Gasteiger partial charge in [0.05, 0.1) is 12.7 Å². The maximum Gasteiger partial charge on any atom is 0.417 e. The highest BCUT2D eigenvalue weighted by Gasteiger charge is 2.41. The molecule has 0 saturated carbocycles. The Labute approximate surface area is 243 Å². The lowest BCUT2D eigenvalue weighted by molar-refractivity contribution is -0.136. The second-order valence-electron chi connectivity index (χ2n) is 9.94. The Morgan fingerprint density at radius 3 is 0.976 bits per heavy atom. The second kappa shape index (κ2) is 11.4. The Bertz CT molecular complexity index is 1800. The predicted octanol–water partition coefficient (Wildman–Crippen LogP) is 11.0. The van der Waals surface area contributed by atoms with Gasteiger partial charge in [0.1, 0.15) is 5.75 Å². The van der Waals surface area contributed by atoms with Crippen molar-refractivity contribution in [3.63, 3.8) is 0 Å². The van der Waals surface area contributed by atoms with Crippen molar-refractivity contribution in [3.8, 4) is 61.4 Å². The summed E-state index contributed by atoms with van der Waals surface area (Å²) in [5.74, 6) is 0.570. The highest BCUT2D eigenvalue weighted by molar-refractivity contribution is 6.09. The fourth-order valence-corrected chi connectivity index (χ4v) is 5.65. The molecule has 42 heavy (non-hydrogen) atoms. The lowest BCUT2D eigenvalue weighted by atomic mass is 9.75. The molecule has 0 aliphatic carbocycles. The molecule has 4 heteroatoms. The third kappa shape index (κ3) is 5.08. The molecule has 0 amide bonds. The molecule has 0 spiro atoms. The van der Waals surface area contributed by atoms with Crippen LogP contribution in [0.25, 0.3) is 55.6 Å². The van der Waals surface area contributed by atoms with Crippen molar-refractivity contribution in [3.05, 3.63) is 151 Å². The van der Waals surface area contributed by atoms with Gasteiger partial charge in [-0.1, -0.05) is 133 Å². The summed E-state index contributed by atoms with van der Waals surface area (Å²) in [5, 5.41) is 0. The third-order valence-corrected chi connectivity index (χ3v) is 7.41. The van der Waals surface area contributed by atoms with Gasteiger partial charge in [0.25, 0.3) is 0 Å². The Morgan fingerprint density at radius 1 is 0.381 bits per heavy atom. The number of benzene rings is 6. The maximum atomic E-state index is 15.7. The summed E-state index contributed by atoms with van der Waals surface area (Å²) >= 11 is 0. The molecule has 6 rings (SSSR count). The minimum atomic E-state index is -4.68. The number of ether oxygens (including phenoxy) is 1. The second-order valence-corrected chi connectivity index (χ2v) is 9.94. The van der Waals surface area contributed by atoms with Crippen LogP contribution in [-0.4, -0.2) is 7.11 Å². The molecule has 0 aliphatic rings. The zero-order valence-corrected chi connectivity index (χ0v) is 22.9. The molecule has 6 aromatic carbocycles. The molecule has 0 heterocycles. The lowest BCUT2D eigenvalue weighted by Crippen LogP contribution is -2.13. The number of rotatable bonds is 6. The summed E-state index contributed by atoms with van der Waals surface area (Å²) in [6.07, 6.45) is -4.68. The predicted molar refractivity (Wildman–Crippen MR) is 165 cm³/mol. The zero-order valence-electron chi connectivity index (χ0n) is 22.9. The SMILES string of the molecule is COc1ccc(-c2c(-c3ccccc3)c(-c3ccccc3)c(-c3ccccc3)c(-c3ccccc3)c2C(F)(F)F)cc1. The minimum Gasteiger partial charge on any atom is -0.497 e. The summed E-state index contributed by atoms with van der Waals surface area (Å²) in [5.41, 5.74) is 4.61. The summed E-state index contributed by atoms with van der Waals surface area (Å²) in [7, 11) is 1.54. The van der Waals surface area contributed by atoms with Crippen molar-refractivity contribution in [2.45, 2.75) is 6.18 Å². The summed E-state index contributed by atoms with van der Waals surface area (Å²) < 4.78 is 52.5. The molecule has 0 fully saturated rings. The smallest absolute Gasteiger partial charge is 0.417 e. The van der Waals surface area contributed by atoms with E-state index >= 15 is 13.2 Å². The number of hydrogen-bond donors (Lipinski definition) is 0. The highest BCUT2D eigenvalue weighted by Crippen LogP contribution is 2.56. The lowest BCUT2D eigenvalue weighted by Gasteiger charge is -2.29. The topological polar surface area (TPSA) is 9.23 Å². The first kappa shape index (κ1) is 27.1. The van der Waals surface area contributed by atoms with Crippen molar-refractivity contribution in [1.82, 2.24) is 0 Å². The quantitative estimate of drug-likeness (QED) is 0.198. The van der Waals surface area contributed by atoms with Crippen LogP contribution in [0.4, 0.5) is 13.2 Å². The van der Waals surface area contributed by atoms with Crippen LogP contribution in [0.1, 0.15) is 5.56 Å². The Morgan fingerprint density at radius 2 is 0.667 bits per heavy atom. The number of alkyl halides is 3. The summed E-state index contributed by atoms with van der Waals surface area (Å²) in [6, 6.07) is 44.2. The molecule has 0 aromatic heterocycles. The molecule has 0 radical (unpaired) electrons. The first-order chi connectivity index (χ1) is 20.5. The monoisotopic (exact) mass is 556 g/mol. The average Bonchev–Trinajstić information content (AvgIpc) is 3.04. The van der Waals surface area contributed by atoms with Crippen LogP contribution < -0.4 is 4.74 Å². The molecular formula is C38H27F3O. The van der Waals surface area contributed by atoms with Crippen LogP contribution in [0.2, 0.25) is 0 Å². The van der Waals surface area contributed by atoms with Gasteiger partial charge < -0.3 is 4.74 Å². The van der Waals surface area contributed by atoms with Crippen LogP contribution in [0.3, 0.4) is 0 Å². The molecule has 1 nitrogen and oxygen atoms in total. The van der Waals surface area contributed by atoms with Gasteiger partial charge in [-0.2, -0.15) is 13.2 Å². The van der Waals surface area contributed by atoms with Gasteiger partial charge in [-0.15, -0.1) is 0 Å². The van der Waals surface area contributed by atoms with E-state index in [1.807, 2.05) is 97.1 Å². The van der Waals surface area contributed by atoms with E-state index in [2.05, 4.69) is 0 Å². The van der Waals surface area contributed by atoms with E-state index in [4.69, 9.17) is 4.74 Å². The van der Waals surface area contributed by atoms with E-state index in [9.17, 15) is 0 Å². The van der Waals surface area contributed by atoms with Gasteiger partial charge in [0, 0.05) is 11.1 Å². The Kier molecular flexibility index (Phi) is 7.37. The molecule has 0 unspecified atom stereocenters. The summed E-state index contributed by atoms with van der Waals surface area (Å²) in [4.78, 5) is 0. The number of halogens is 3. The van der Waals surface area contributed by atoms with Gasteiger partial charge in [-0.3, -0.25) is 0 Å². The molecule has 6 aromatic rings. The van der Waals surface area contributed by atoms with E-state index in [1.165, 1.54) is 0 Å². The fraction of sp³-hybridized carbons (Fsp3) is 0.0526. The Hall–Kier alpha value is -5.09. The van der Waals surface area contributed by atoms with Gasteiger partial charge in [0.15, 0.2) is 0 Å². The van der Waals surface area contributed by atoms with E-state index < -0.39 is 11.7 Å². The highest BCUT2D eigenvalue weighted by atomic mass is 19.4. The van der Waals surface area contributed by atoms with Crippen molar-refractivity contribution in [1.29, 1.82) is 0 Å². The van der Waals surface area contributed by atoms with E-state index in [1.54, 1.807) is 55.6 Å². The third-order valence-electron chi connectivity index (χ3n) is 7.41. The normalized spacial score (nSPS) is 11.3. The van der Waals surface area contributed by atoms with Crippen molar-refractivity contribution in [2.24, 2.45) is 0 Å². The van der Waals surface area contributed by atoms with Gasteiger partial charge in [-0.25, -0.2) is 0 Å². The van der Waals surface area contributed by atoms with E-state index in [-0.39, 0.29) is 11.1 Å². The van der Waals surface area contributed by atoms with Crippen LogP contribution in [-0.2, 0) is 6.18 Å². The molecular weight excluding hydrogens is 529 g/mol. The Balaban J connectivity index is 1.94. The van der Waals surface area contributed by atoms with Gasteiger partial charge in [0.2, 0.25) is 0 Å². The molecule has 206 valence electrons. The molecule has 0 saturated heterocycles. The fourth-order valence-electron chi connectivity index (χ4n) is 5.65. The van der Waals surface area contributed by atoms with Crippen molar-refractivity contribution in [2.75, 3.05) is 7.11 Å². The van der Waals surface area contributed by atoms with Crippen LogP contribution in [0.5, 0.6) is 5.75 Å². The van der Waals surface area contributed by atoms with Gasteiger partial charge >= 0.3 is 6.18 Å². The van der Waals surface area contributed by atoms with E-state index in [0.717, 1.165) is 11.1 Å². The molecule has 0 atom stereocenters. The first-order valence-corrected chi connectivity index (χ1v) is 13.6. The number of hydrogen-bond acceptors (Lipinski definition) is 1. The first-order valence-electron chi connectivity index (χ1n) is 13.6. The maximum absolute atomic E-state index is 15.7.